The molecule has 17 heteroatoms. The summed E-state index contributed by atoms with van der Waals surface area (Å²) in [6.07, 6.45) is -4.84. The Morgan fingerprint density at radius 3 is 2.75 bits per heavy atom. The molecule has 51 heavy (non-hydrogen) atoms. The normalized spacial score (nSPS) is 23.6. The summed E-state index contributed by atoms with van der Waals surface area (Å²) < 4.78 is 117. The Kier molecular flexibility index (Phi) is 8.73. The molecule has 7 rings (SSSR count). The van der Waals surface area contributed by atoms with E-state index in [1.165, 1.54) is 4.90 Å². The van der Waals surface area contributed by atoms with Crippen LogP contribution in [0.1, 0.15) is 31.2 Å². The highest BCUT2D eigenvalue weighted by Gasteiger charge is 2.49. The first-order valence-corrected chi connectivity index (χ1v) is 16.8. The van der Waals surface area contributed by atoms with Crippen molar-refractivity contribution in [2.45, 2.75) is 55.7 Å². The third kappa shape index (κ3) is 5.78. The summed E-state index contributed by atoms with van der Waals surface area (Å²) in [5.41, 5.74) is 1.22. The Hall–Kier alpha value is -4.69. The lowest BCUT2D eigenvalue weighted by molar-refractivity contribution is -0.137. The van der Waals surface area contributed by atoms with E-state index in [9.17, 15) is 31.1 Å². The highest BCUT2D eigenvalue weighted by atomic mass is 32.1. The van der Waals surface area contributed by atoms with Gasteiger partial charge in [0.15, 0.2) is 5.82 Å². The molecule has 1 amide bonds. The summed E-state index contributed by atoms with van der Waals surface area (Å²) >= 11 is 0.640. The number of fused-ring (bicyclic) bond motifs is 3. The number of benzene rings is 2. The minimum absolute atomic E-state index is 0.0409. The Morgan fingerprint density at radius 1 is 1.25 bits per heavy atom. The summed E-state index contributed by atoms with van der Waals surface area (Å²) in [4.78, 5) is 27.2. The van der Waals surface area contributed by atoms with Gasteiger partial charge in [0.25, 0.3) is 0 Å². The van der Waals surface area contributed by atoms with Crippen LogP contribution >= 0.6 is 11.3 Å². The number of likely N-dealkylation sites (tertiary alicyclic amines) is 1. The number of thiophene rings is 1. The zero-order valence-electron chi connectivity index (χ0n) is 26.7. The van der Waals surface area contributed by atoms with Crippen molar-refractivity contribution in [2.24, 2.45) is 0 Å². The van der Waals surface area contributed by atoms with Crippen LogP contribution in [0.25, 0.3) is 37.0 Å². The highest BCUT2D eigenvalue weighted by molar-refractivity contribution is 7.23. The van der Waals surface area contributed by atoms with Crippen LogP contribution in [0.4, 0.5) is 41.4 Å². The van der Waals surface area contributed by atoms with Crippen molar-refractivity contribution in [2.75, 3.05) is 38.6 Å². The molecule has 2 aromatic carbocycles. The minimum atomic E-state index is -5.21. The van der Waals surface area contributed by atoms with Gasteiger partial charge in [0.1, 0.15) is 36.9 Å². The van der Waals surface area contributed by atoms with E-state index < -0.39 is 93.7 Å². The van der Waals surface area contributed by atoms with Crippen molar-refractivity contribution in [3.8, 4) is 23.0 Å². The largest absolute Gasteiger partial charge is 0.471 e. The van der Waals surface area contributed by atoms with Gasteiger partial charge >= 0.3 is 12.2 Å². The van der Waals surface area contributed by atoms with Gasteiger partial charge in [-0.15, -0.1) is 11.3 Å². The zero-order chi connectivity index (χ0) is 36.4. The third-order valence-electron chi connectivity index (χ3n) is 9.95. The van der Waals surface area contributed by atoms with Gasteiger partial charge in [0.2, 0.25) is 17.5 Å². The lowest BCUT2D eigenvalue weighted by Crippen LogP contribution is -2.43. The van der Waals surface area contributed by atoms with Crippen LogP contribution in [0.5, 0.6) is 11.9 Å². The maximum absolute atomic E-state index is 17.0. The smallest absolute Gasteiger partial charge is 0.417 e. The van der Waals surface area contributed by atoms with Gasteiger partial charge in [0.05, 0.1) is 38.8 Å². The van der Waals surface area contributed by atoms with Crippen molar-refractivity contribution >= 4 is 48.9 Å². The minimum Gasteiger partial charge on any atom is -0.471 e. The number of ether oxygens (including phenoxy) is 2. The molecule has 3 aliphatic heterocycles. The average Bonchev–Trinajstić information content (AvgIpc) is 3.84. The predicted octanol–water partition coefficient (Wildman–Crippen LogP) is 7.40. The second kappa shape index (κ2) is 12.8. The molecule has 0 aliphatic carbocycles. The fourth-order valence-electron chi connectivity index (χ4n) is 7.64. The summed E-state index contributed by atoms with van der Waals surface area (Å²) in [5.74, 6) is -3.52. The molecule has 4 aromatic rings. The SMILES string of the molecule is [C-]#[N+]c1c(N)sc2c(F)ccc(-c3c(C(F)(F)F)cc4c(OC5CCN(C(=O)C=C)C5CF)nc(OCC56CCCN5CC(F)C6)nc4c3F)c12. The second-order valence-electron chi connectivity index (χ2n) is 12.8. The maximum atomic E-state index is 17.0. The lowest BCUT2D eigenvalue weighted by Gasteiger charge is -2.31. The Labute approximate surface area is 290 Å². The van der Waals surface area contributed by atoms with Crippen LogP contribution in [0.3, 0.4) is 0 Å². The first kappa shape index (κ1) is 34.7. The molecule has 0 saturated carbocycles. The summed E-state index contributed by atoms with van der Waals surface area (Å²) in [7, 11) is 0. The number of hydrogen-bond acceptors (Lipinski definition) is 8. The van der Waals surface area contributed by atoms with E-state index in [0.29, 0.717) is 30.4 Å². The van der Waals surface area contributed by atoms with Crippen LogP contribution in [0.2, 0.25) is 0 Å². The molecule has 0 bridgehead atoms. The molecular weight excluding hydrogens is 705 g/mol. The number of amides is 1. The Morgan fingerprint density at radius 2 is 2.04 bits per heavy atom. The number of anilines is 1. The molecule has 3 fully saturated rings. The Bertz CT molecular complexity index is 2120. The number of nitrogen functional groups attached to an aromatic ring is 1. The molecule has 9 nitrogen and oxygen atoms in total. The molecule has 4 unspecified atom stereocenters. The van der Waals surface area contributed by atoms with Crippen molar-refractivity contribution < 1.29 is 45.0 Å². The van der Waals surface area contributed by atoms with Crippen molar-refractivity contribution in [3.63, 3.8) is 0 Å². The van der Waals surface area contributed by atoms with E-state index in [4.69, 9.17) is 21.8 Å². The van der Waals surface area contributed by atoms with Gasteiger partial charge < -0.3 is 20.1 Å². The maximum Gasteiger partial charge on any atom is 0.417 e. The van der Waals surface area contributed by atoms with Gasteiger partial charge in [-0.25, -0.2) is 22.4 Å². The number of carbonyl (C=O) groups excluding carboxylic acids is 1. The van der Waals surface area contributed by atoms with E-state index in [0.717, 1.165) is 24.6 Å². The van der Waals surface area contributed by atoms with Crippen LogP contribution < -0.4 is 15.2 Å². The molecule has 3 saturated heterocycles. The van der Waals surface area contributed by atoms with Gasteiger partial charge in [-0.2, -0.15) is 23.1 Å². The zero-order valence-corrected chi connectivity index (χ0v) is 27.5. The third-order valence-corrected chi connectivity index (χ3v) is 11.0. The first-order valence-electron chi connectivity index (χ1n) is 16.0. The average molecular weight is 735 g/mol. The van der Waals surface area contributed by atoms with E-state index in [-0.39, 0.29) is 53.3 Å². The van der Waals surface area contributed by atoms with Gasteiger partial charge in [-0.05, 0) is 43.2 Å². The van der Waals surface area contributed by atoms with Crippen molar-refractivity contribution in [3.05, 3.63) is 59.5 Å². The van der Waals surface area contributed by atoms with E-state index in [2.05, 4.69) is 21.4 Å². The van der Waals surface area contributed by atoms with Crippen LogP contribution in [0.15, 0.2) is 30.9 Å². The fourth-order valence-corrected chi connectivity index (χ4v) is 8.58. The predicted molar refractivity (Wildman–Crippen MR) is 175 cm³/mol. The molecule has 4 atom stereocenters. The van der Waals surface area contributed by atoms with E-state index in [1.807, 2.05) is 4.90 Å². The second-order valence-corrected chi connectivity index (χ2v) is 13.9. The summed E-state index contributed by atoms with van der Waals surface area (Å²) in [6, 6.07) is 0.707. The van der Waals surface area contributed by atoms with Gasteiger partial charge in [-0.1, -0.05) is 12.6 Å². The summed E-state index contributed by atoms with van der Waals surface area (Å²) in [6.45, 7) is 10.7. The van der Waals surface area contributed by atoms with Gasteiger partial charge in [-0.3, -0.25) is 9.69 Å². The molecule has 268 valence electrons. The monoisotopic (exact) mass is 734 g/mol. The molecule has 0 spiro atoms. The van der Waals surface area contributed by atoms with Crippen LogP contribution in [-0.4, -0.2) is 82.4 Å². The first-order chi connectivity index (χ1) is 24.3. The summed E-state index contributed by atoms with van der Waals surface area (Å²) in [5, 5.41) is -1.01. The molecule has 5 heterocycles. The van der Waals surface area contributed by atoms with E-state index >= 15 is 4.39 Å². The van der Waals surface area contributed by atoms with Crippen molar-refractivity contribution in [1.29, 1.82) is 0 Å². The number of halogens is 7. The van der Waals surface area contributed by atoms with Crippen molar-refractivity contribution in [1.82, 2.24) is 19.8 Å². The number of hydrogen-bond donors (Lipinski definition) is 1. The number of rotatable bonds is 8. The fraction of sp³-hybridized carbons (Fsp3) is 0.412. The van der Waals surface area contributed by atoms with Gasteiger partial charge in [0, 0.05) is 36.9 Å². The molecule has 0 radical (unpaired) electrons. The standard InChI is InChI=1S/C34H29F7N6O3S/c1-3-23(48)47-10-7-22(21(47)13-35)50-31-18-11-19(34(39,40)41)24(17-5-6-20(37)29-25(17)28(43-2)30(42)51-29)26(38)27(18)44-32(45-31)49-15-33-8-4-9-46(33)14-16(36)12-33/h3,5-6,11,16,21-22H,1,4,7-10,12-15,42H2. The topological polar surface area (TPSA) is 98.2 Å². The van der Waals surface area contributed by atoms with E-state index in [1.54, 1.807) is 0 Å². The molecule has 2 N–H and O–H groups in total. The number of nitrogens with zero attached hydrogens (tertiary/aromatic N) is 5. The highest BCUT2D eigenvalue weighted by Crippen LogP contribution is 2.51. The molecule has 2 aromatic heterocycles. The van der Waals surface area contributed by atoms with Crippen LogP contribution in [-0.2, 0) is 11.0 Å². The molecule has 3 aliphatic rings. The number of alkyl halides is 5. The quantitative estimate of drug-likeness (QED) is 0.115. The number of nitrogens with two attached hydrogens (primary N) is 1. The number of carbonyl (C=O) groups is 1. The number of aromatic nitrogens is 2. The molecular formula is C34H29F7N6O3S. The Balaban J connectivity index is 1.43. The lowest BCUT2D eigenvalue weighted by atomic mass is 9.93. The van der Waals surface area contributed by atoms with Crippen LogP contribution in [0, 0.1) is 18.2 Å².